The minimum Gasteiger partial charge on any atom is -0.462 e. The molecule has 0 aliphatic heterocycles. The Bertz CT molecular complexity index is 66.0. The van der Waals surface area contributed by atoms with Crippen LogP contribution in [-0.4, -0.2) is 5.11 Å². The summed E-state index contributed by atoms with van der Waals surface area (Å²) in [6.45, 7) is 7.88. The summed E-state index contributed by atoms with van der Waals surface area (Å²) in [4.78, 5) is 0. The van der Waals surface area contributed by atoms with E-state index in [0.717, 1.165) is 6.42 Å². The molecule has 0 radical (unpaired) electrons. The molecular formula is C6H10O. The SMILES string of the molecule is C=C.CCC#CO. The molecule has 0 rings (SSSR count). The van der Waals surface area contributed by atoms with Crippen LogP contribution in [0.2, 0.25) is 0 Å². The Labute approximate surface area is 44.7 Å². The van der Waals surface area contributed by atoms with Crippen LogP contribution < -0.4 is 0 Å². The fraction of sp³-hybridized carbons (Fsp3) is 0.333. The van der Waals surface area contributed by atoms with Gasteiger partial charge in [-0.25, -0.2) is 0 Å². The van der Waals surface area contributed by atoms with Crippen molar-refractivity contribution in [3.63, 3.8) is 0 Å². The van der Waals surface area contributed by atoms with Crippen molar-refractivity contribution in [2.45, 2.75) is 13.3 Å². The van der Waals surface area contributed by atoms with Gasteiger partial charge < -0.3 is 5.11 Å². The minimum absolute atomic E-state index is 0.733. The number of rotatable bonds is 0. The molecule has 0 unspecified atom stereocenters. The van der Waals surface area contributed by atoms with Crippen molar-refractivity contribution in [2.24, 2.45) is 0 Å². The van der Waals surface area contributed by atoms with Crippen molar-refractivity contribution in [3.05, 3.63) is 13.2 Å². The molecule has 1 heteroatoms. The molecule has 40 valence electrons. The second kappa shape index (κ2) is 19.4. The lowest BCUT2D eigenvalue weighted by atomic mass is 10.5. The van der Waals surface area contributed by atoms with Crippen molar-refractivity contribution in [3.8, 4) is 12.0 Å². The smallest absolute Gasteiger partial charge is 0.107 e. The highest BCUT2D eigenvalue weighted by Gasteiger charge is 1.50. The van der Waals surface area contributed by atoms with Crippen molar-refractivity contribution >= 4 is 0 Å². The van der Waals surface area contributed by atoms with E-state index in [9.17, 15) is 0 Å². The molecule has 7 heavy (non-hydrogen) atoms. The van der Waals surface area contributed by atoms with Crippen molar-refractivity contribution in [1.29, 1.82) is 0 Å². The topological polar surface area (TPSA) is 20.2 Å². The fourth-order valence-electron chi connectivity index (χ4n) is 0.0791. The van der Waals surface area contributed by atoms with E-state index < -0.39 is 0 Å². The molecule has 0 aliphatic carbocycles. The van der Waals surface area contributed by atoms with Crippen molar-refractivity contribution in [1.82, 2.24) is 0 Å². The molecule has 0 aromatic heterocycles. The first kappa shape index (κ1) is 9.44. The van der Waals surface area contributed by atoms with Gasteiger partial charge in [0.15, 0.2) is 0 Å². The van der Waals surface area contributed by atoms with E-state index in [1.165, 1.54) is 0 Å². The summed E-state index contributed by atoms with van der Waals surface area (Å²) in [5.41, 5.74) is 0. The molecule has 0 atom stereocenters. The van der Waals surface area contributed by atoms with E-state index >= 15 is 0 Å². The first-order chi connectivity index (χ1) is 3.41. The van der Waals surface area contributed by atoms with Gasteiger partial charge in [0.25, 0.3) is 0 Å². The van der Waals surface area contributed by atoms with Crippen LogP contribution in [0.15, 0.2) is 13.2 Å². The summed E-state index contributed by atoms with van der Waals surface area (Å²) in [6.07, 6.45) is 2.50. The number of hydrogen-bond donors (Lipinski definition) is 1. The second-order valence-corrected chi connectivity index (χ2v) is 0.642. The molecule has 0 heterocycles. The first-order valence-corrected chi connectivity index (χ1v) is 2.03. The van der Waals surface area contributed by atoms with E-state index in [0.29, 0.717) is 0 Å². The Morgan fingerprint density at radius 1 is 1.57 bits per heavy atom. The molecule has 0 aromatic rings. The van der Waals surface area contributed by atoms with Gasteiger partial charge in [0, 0.05) is 6.42 Å². The minimum atomic E-state index is 0.733. The van der Waals surface area contributed by atoms with Crippen LogP contribution in [0, 0.1) is 12.0 Å². The summed E-state index contributed by atoms with van der Waals surface area (Å²) < 4.78 is 0. The van der Waals surface area contributed by atoms with Gasteiger partial charge in [0.05, 0.1) is 0 Å². The van der Waals surface area contributed by atoms with E-state index in [1.54, 1.807) is 6.11 Å². The average molecular weight is 98.1 g/mol. The highest BCUT2D eigenvalue weighted by Crippen LogP contribution is 1.61. The van der Waals surface area contributed by atoms with Crippen LogP contribution in [0.5, 0.6) is 0 Å². The maximum atomic E-state index is 7.71. The Morgan fingerprint density at radius 2 is 2.00 bits per heavy atom. The van der Waals surface area contributed by atoms with Gasteiger partial charge in [-0.2, -0.15) is 0 Å². The van der Waals surface area contributed by atoms with Gasteiger partial charge in [0.1, 0.15) is 6.11 Å². The zero-order valence-electron chi connectivity index (χ0n) is 4.57. The largest absolute Gasteiger partial charge is 0.462 e. The highest BCUT2D eigenvalue weighted by molar-refractivity contribution is 4.86. The molecule has 0 aliphatic rings. The lowest BCUT2D eigenvalue weighted by Gasteiger charge is -1.57. The Morgan fingerprint density at radius 3 is 2.00 bits per heavy atom. The predicted octanol–water partition coefficient (Wildman–Crippen LogP) is 1.53. The van der Waals surface area contributed by atoms with E-state index in [4.69, 9.17) is 5.11 Å². The summed E-state index contributed by atoms with van der Waals surface area (Å²) in [7, 11) is 0. The van der Waals surface area contributed by atoms with Gasteiger partial charge in [-0.1, -0.05) is 12.8 Å². The quantitative estimate of drug-likeness (QED) is 0.360. The molecule has 0 aromatic carbocycles. The molecule has 1 nitrogen and oxygen atoms in total. The lowest BCUT2D eigenvalue weighted by molar-refractivity contribution is 0.516. The predicted molar refractivity (Wildman–Crippen MR) is 31.3 cm³/mol. The Hall–Kier alpha value is -0.900. The molecule has 0 fully saturated rings. The monoisotopic (exact) mass is 98.1 g/mol. The molecule has 1 N–H and O–H groups in total. The van der Waals surface area contributed by atoms with Gasteiger partial charge in [-0.05, 0) is 0 Å². The zero-order valence-corrected chi connectivity index (χ0v) is 4.57. The van der Waals surface area contributed by atoms with Crippen molar-refractivity contribution in [2.75, 3.05) is 0 Å². The molecular weight excluding hydrogens is 88.1 g/mol. The number of aliphatic hydroxyl groups is 1. The molecule has 0 amide bonds. The molecule has 0 saturated carbocycles. The molecule has 0 saturated heterocycles. The van der Waals surface area contributed by atoms with Crippen LogP contribution >= 0.6 is 0 Å². The maximum absolute atomic E-state index is 7.71. The Balaban J connectivity index is 0. The average Bonchev–Trinajstić information content (AvgIpc) is 1.75. The fourth-order valence-corrected chi connectivity index (χ4v) is 0.0791. The Kier molecular flexibility index (Phi) is 26.2. The summed E-state index contributed by atoms with van der Waals surface area (Å²) in [5.74, 6) is 2.42. The van der Waals surface area contributed by atoms with Gasteiger partial charge in [0.2, 0.25) is 0 Å². The number of aliphatic hydroxyl groups excluding tert-OH is 1. The van der Waals surface area contributed by atoms with E-state index in [-0.39, 0.29) is 0 Å². The van der Waals surface area contributed by atoms with Crippen LogP contribution in [0.3, 0.4) is 0 Å². The second-order valence-electron chi connectivity index (χ2n) is 0.642. The first-order valence-electron chi connectivity index (χ1n) is 2.03. The van der Waals surface area contributed by atoms with E-state index in [2.05, 4.69) is 19.1 Å². The standard InChI is InChI=1S/C4H6O.C2H4/c1-2-3-4-5;1-2/h5H,2H2,1H3;1-2H2. The molecule has 0 bridgehead atoms. The molecule has 0 spiro atoms. The highest BCUT2D eigenvalue weighted by atomic mass is 16.2. The lowest BCUT2D eigenvalue weighted by Crippen LogP contribution is -1.49. The summed E-state index contributed by atoms with van der Waals surface area (Å²) in [6, 6.07) is 0. The summed E-state index contributed by atoms with van der Waals surface area (Å²) >= 11 is 0. The summed E-state index contributed by atoms with van der Waals surface area (Å²) in [5, 5.41) is 7.71. The third kappa shape index (κ3) is 40.5. The van der Waals surface area contributed by atoms with Gasteiger partial charge in [-0.15, -0.1) is 13.2 Å². The van der Waals surface area contributed by atoms with Gasteiger partial charge >= 0.3 is 0 Å². The maximum Gasteiger partial charge on any atom is 0.107 e. The van der Waals surface area contributed by atoms with Gasteiger partial charge in [-0.3, -0.25) is 0 Å². The number of hydrogen-bond acceptors (Lipinski definition) is 1. The third-order valence-corrected chi connectivity index (χ3v) is 0.256. The van der Waals surface area contributed by atoms with Crippen LogP contribution in [0.1, 0.15) is 13.3 Å². The van der Waals surface area contributed by atoms with Crippen LogP contribution in [0.25, 0.3) is 0 Å². The van der Waals surface area contributed by atoms with E-state index in [1.807, 2.05) is 6.92 Å². The van der Waals surface area contributed by atoms with Crippen molar-refractivity contribution < 1.29 is 5.11 Å². The zero-order chi connectivity index (χ0) is 6.12. The van der Waals surface area contributed by atoms with Crippen LogP contribution in [0.4, 0.5) is 0 Å². The van der Waals surface area contributed by atoms with Crippen LogP contribution in [-0.2, 0) is 0 Å². The normalized spacial score (nSPS) is 4.14. The third-order valence-electron chi connectivity index (χ3n) is 0.256.